The minimum atomic E-state index is 0.507. The van der Waals surface area contributed by atoms with Gasteiger partial charge in [0.05, 0.1) is 11.9 Å². The number of hydrogen-bond acceptors (Lipinski definition) is 2. The van der Waals surface area contributed by atoms with E-state index in [1.165, 1.54) is 0 Å². The topological polar surface area (TPSA) is 22.1 Å². The summed E-state index contributed by atoms with van der Waals surface area (Å²) >= 11 is 0. The molecule has 0 radical (unpaired) electrons. The fourth-order valence-corrected chi connectivity index (χ4v) is 1.23. The monoisotopic (exact) mass is 189 g/mol. The molecule has 0 aliphatic carbocycles. The van der Waals surface area contributed by atoms with Crippen LogP contribution >= 0.6 is 0 Å². The molecule has 0 saturated heterocycles. The van der Waals surface area contributed by atoms with E-state index in [0.717, 1.165) is 22.6 Å². The molecule has 0 amide bonds. The molecule has 0 aliphatic heterocycles. The summed E-state index contributed by atoms with van der Waals surface area (Å²) in [4.78, 5) is 4.27. The molecule has 74 valence electrons. The highest BCUT2D eigenvalue weighted by Gasteiger charge is 2.02. The molecule has 1 aromatic heterocycles. The quantitative estimate of drug-likeness (QED) is 0.679. The molecule has 0 fully saturated rings. The van der Waals surface area contributed by atoms with E-state index in [1.807, 2.05) is 19.9 Å². The van der Waals surface area contributed by atoms with Crippen molar-refractivity contribution in [1.82, 2.24) is 4.98 Å². The van der Waals surface area contributed by atoms with Crippen LogP contribution in [-0.4, -0.2) is 11.6 Å². The smallest absolute Gasteiger partial charge is 0.138 e. The van der Waals surface area contributed by atoms with Crippen LogP contribution in [0.5, 0.6) is 5.75 Å². The molecule has 0 aliphatic rings. The third-order valence-corrected chi connectivity index (χ3v) is 1.83. The van der Waals surface area contributed by atoms with Crippen LogP contribution in [0, 0.1) is 6.92 Å². The van der Waals surface area contributed by atoms with Crippen molar-refractivity contribution in [2.45, 2.75) is 13.8 Å². The average molecular weight is 189 g/mol. The second kappa shape index (κ2) is 4.61. The molecule has 1 rings (SSSR count). The van der Waals surface area contributed by atoms with Crippen LogP contribution in [0.4, 0.5) is 0 Å². The first-order valence-electron chi connectivity index (χ1n) is 4.51. The number of rotatable bonds is 4. The van der Waals surface area contributed by atoms with E-state index in [2.05, 4.69) is 18.1 Å². The van der Waals surface area contributed by atoms with Gasteiger partial charge in [-0.2, -0.15) is 0 Å². The van der Waals surface area contributed by atoms with E-state index in [-0.39, 0.29) is 0 Å². The zero-order valence-corrected chi connectivity index (χ0v) is 8.71. The molecular weight excluding hydrogens is 174 g/mol. The lowest BCUT2D eigenvalue weighted by Gasteiger charge is -2.07. The number of pyridine rings is 1. The first-order valence-corrected chi connectivity index (χ1v) is 4.51. The number of nitrogens with zero attached hydrogens (tertiary/aromatic N) is 1. The Bertz CT molecular complexity index is 355. The number of ether oxygens (including phenoxy) is 1. The van der Waals surface area contributed by atoms with E-state index in [1.54, 1.807) is 12.3 Å². The van der Waals surface area contributed by atoms with Crippen LogP contribution in [0.3, 0.4) is 0 Å². The third kappa shape index (κ3) is 2.46. The highest BCUT2D eigenvalue weighted by atomic mass is 16.5. The van der Waals surface area contributed by atoms with Gasteiger partial charge in [-0.25, -0.2) is 0 Å². The van der Waals surface area contributed by atoms with Gasteiger partial charge in [0.25, 0.3) is 0 Å². The summed E-state index contributed by atoms with van der Waals surface area (Å²) in [5.74, 6) is 0.771. The Morgan fingerprint density at radius 1 is 1.64 bits per heavy atom. The summed E-state index contributed by atoms with van der Waals surface area (Å²) in [7, 11) is 0. The molecule has 2 nitrogen and oxygen atoms in total. The largest absolute Gasteiger partial charge is 0.488 e. The lowest BCUT2D eigenvalue weighted by Crippen LogP contribution is -1.96. The molecule has 0 bridgehead atoms. The number of allylic oxidation sites excluding steroid dienone is 1. The highest BCUT2D eigenvalue weighted by Crippen LogP contribution is 2.18. The predicted octanol–water partition coefficient (Wildman–Crippen LogP) is 2.99. The minimum Gasteiger partial charge on any atom is -0.488 e. The molecule has 1 heterocycles. The number of aryl methyl sites for hydroxylation is 1. The maximum absolute atomic E-state index is 5.36. The van der Waals surface area contributed by atoms with Gasteiger partial charge >= 0.3 is 0 Å². The lowest BCUT2D eigenvalue weighted by molar-refractivity contribution is 0.361. The van der Waals surface area contributed by atoms with Crippen LogP contribution in [-0.2, 0) is 0 Å². The number of hydrogen-bond donors (Lipinski definition) is 0. The lowest BCUT2D eigenvalue weighted by atomic mass is 10.1. The Morgan fingerprint density at radius 2 is 2.36 bits per heavy atom. The predicted molar refractivity (Wildman–Crippen MR) is 59.4 cm³/mol. The molecule has 0 aromatic carbocycles. The molecule has 0 unspecified atom stereocenters. The van der Waals surface area contributed by atoms with Crippen molar-refractivity contribution in [2.24, 2.45) is 0 Å². The SMILES string of the molecule is C=CCOc1cnc(C(=C)C)c(C)c1. The van der Waals surface area contributed by atoms with Crippen molar-refractivity contribution in [2.75, 3.05) is 6.61 Å². The van der Waals surface area contributed by atoms with Crippen LogP contribution in [0.2, 0.25) is 0 Å². The number of aromatic nitrogens is 1. The zero-order valence-electron chi connectivity index (χ0n) is 8.71. The Kier molecular flexibility index (Phi) is 3.46. The van der Waals surface area contributed by atoms with Gasteiger partial charge < -0.3 is 4.74 Å². The van der Waals surface area contributed by atoms with Gasteiger partial charge in [-0.05, 0) is 31.1 Å². The molecule has 0 atom stereocenters. The summed E-state index contributed by atoms with van der Waals surface area (Å²) in [6, 6.07) is 1.96. The summed E-state index contributed by atoms with van der Waals surface area (Å²) in [6.45, 7) is 11.9. The fourth-order valence-electron chi connectivity index (χ4n) is 1.23. The van der Waals surface area contributed by atoms with Gasteiger partial charge in [0.15, 0.2) is 0 Å². The molecule has 14 heavy (non-hydrogen) atoms. The Labute approximate surface area is 84.9 Å². The first-order chi connectivity index (χ1) is 6.65. The van der Waals surface area contributed by atoms with Gasteiger partial charge in [-0.1, -0.05) is 19.2 Å². The normalized spacial score (nSPS) is 9.57. The van der Waals surface area contributed by atoms with Crippen molar-refractivity contribution >= 4 is 5.57 Å². The van der Waals surface area contributed by atoms with E-state index >= 15 is 0 Å². The molecule has 0 N–H and O–H groups in total. The fraction of sp³-hybridized carbons (Fsp3) is 0.250. The Hall–Kier alpha value is -1.57. The highest BCUT2D eigenvalue weighted by molar-refractivity contribution is 5.61. The molecule has 0 saturated carbocycles. The van der Waals surface area contributed by atoms with Gasteiger partial charge in [0.2, 0.25) is 0 Å². The second-order valence-corrected chi connectivity index (χ2v) is 3.22. The molecule has 1 aromatic rings. The van der Waals surface area contributed by atoms with Crippen molar-refractivity contribution in [3.05, 3.63) is 42.8 Å². The second-order valence-electron chi connectivity index (χ2n) is 3.22. The van der Waals surface area contributed by atoms with Gasteiger partial charge in [0, 0.05) is 0 Å². The van der Waals surface area contributed by atoms with E-state index in [9.17, 15) is 0 Å². The summed E-state index contributed by atoms with van der Waals surface area (Å²) < 4.78 is 5.36. The van der Waals surface area contributed by atoms with E-state index in [0.29, 0.717) is 6.61 Å². The van der Waals surface area contributed by atoms with Crippen molar-refractivity contribution in [1.29, 1.82) is 0 Å². The molecule has 0 spiro atoms. The summed E-state index contributed by atoms with van der Waals surface area (Å²) in [6.07, 6.45) is 3.42. The van der Waals surface area contributed by atoms with Crippen LogP contribution < -0.4 is 4.74 Å². The Balaban J connectivity index is 2.88. The maximum Gasteiger partial charge on any atom is 0.138 e. The standard InChI is InChI=1S/C12H15NO/c1-5-6-14-11-7-10(4)12(9(2)3)13-8-11/h5,7-8H,1-2,6H2,3-4H3. The summed E-state index contributed by atoms with van der Waals surface area (Å²) in [5, 5.41) is 0. The molecular formula is C12H15NO. The summed E-state index contributed by atoms with van der Waals surface area (Å²) in [5.41, 5.74) is 2.99. The Morgan fingerprint density at radius 3 is 2.86 bits per heavy atom. The van der Waals surface area contributed by atoms with Crippen LogP contribution in [0.1, 0.15) is 18.2 Å². The van der Waals surface area contributed by atoms with Crippen LogP contribution in [0.15, 0.2) is 31.5 Å². The van der Waals surface area contributed by atoms with Gasteiger partial charge in [-0.3, -0.25) is 4.98 Å². The van der Waals surface area contributed by atoms with Crippen molar-refractivity contribution < 1.29 is 4.74 Å². The van der Waals surface area contributed by atoms with Crippen LogP contribution in [0.25, 0.3) is 5.57 Å². The average Bonchev–Trinajstić information content (AvgIpc) is 2.14. The van der Waals surface area contributed by atoms with Crippen molar-refractivity contribution in [3.63, 3.8) is 0 Å². The van der Waals surface area contributed by atoms with E-state index in [4.69, 9.17) is 4.74 Å². The maximum atomic E-state index is 5.36. The van der Waals surface area contributed by atoms with Gasteiger partial charge in [0.1, 0.15) is 12.4 Å². The van der Waals surface area contributed by atoms with Gasteiger partial charge in [-0.15, -0.1) is 0 Å². The zero-order chi connectivity index (χ0) is 10.6. The van der Waals surface area contributed by atoms with Crippen molar-refractivity contribution in [3.8, 4) is 5.75 Å². The third-order valence-electron chi connectivity index (χ3n) is 1.83. The molecule has 2 heteroatoms. The van der Waals surface area contributed by atoms with E-state index < -0.39 is 0 Å². The minimum absolute atomic E-state index is 0.507. The first kappa shape index (κ1) is 10.5.